The zero-order valence-corrected chi connectivity index (χ0v) is 10.0. The molecule has 2 aromatic rings. The first-order valence-electron chi connectivity index (χ1n) is 5.31. The number of Topliss-reactive ketones (excluding diaryl/α,β-unsaturated/α-hetero) is 1. The van der Waals surface area contributed by atoms with Crippen molar-refractivity contribution in [3.63, 3.8) is 0 Å². The van der Waals surface area contributed by atoms with Crippen molar-refractivity contribution < 1.29 is 4.79 Å². The minimum Gasteiger partial charge on any atom is -0.292 e. The van der Waals surface area contributed by atoms with Gasteiger partial charge in [0.25, 0.3) is 0 Å². The summed E-state index contributed by atoms with van der Waals surface area (Å²) in [7, 11) is 1.80. The summed E-state index contributed by atoms with van der Waals surface area (Å²) in [5.41, 5.74) is 0.700. The molecule has 3 nitrogen and oxygen atoms in total. The average molecular weight is 234 g/mol. The third kappa shape index (κ3) is 2.58. The SMILES string of the molecule is Cn1nccc1C(=O)CCCc1cccs1. The Kier molecular flexibility index (Phi) is 3.51. The van der Waals surface area contributed by atoms with Crippen LogP contribution >= 0.6 is 11.3 Å². The first-order chi connectivity index (χ1) is 7.77. The van der Waals surface area contributed by atoms with Crippen molar-refractivity contribution in [3.05, 3.63) is 40.3 Å². The largest absolute Gasteiger partial charge is 0.292 e. The number of thiophene rings is 1. The fourth-order valence-corrected chi connectivity index (χ4v) is 2.40. The van der Waals surface area contributed by atoms with Gasteiger partial charge in [-0.2, -0.15) is 5.10 Å². The molecule has 2 heterocycles. The van der Waals surface area contributed by atoms with Gasteiger partial charge in [0, 0.05) is 24.5 Å². The molecule has 0 aliphatic heterocycles. The van der Waals surface area contributed by atoms with Crippen molar-refractivity contribution in [2.75, 3.05) is 0 Å². The minimum atomic E-state index is 0.177. The molecular weight excluding hydrogens is 220 g/mol. The lowest BCUT2D eigenvalue weighted by molar-refractivity contribution is 0.0971. The van der Waals surface area contributed by atoms with Crippen molar-refractivity contribution in [3.8, 4) is 0 Å². The molecule has 0 amide bonds. The number of carbonyl (C=O) groups excluding carboxylic acids is 1. The van der Waals surface area contributed by atoms with E-state index in [9.17, 15) is 4.79 Å². The van der Waals surface area contributed by atoms with Gasteiger partial charge in [-0.3, -0.25) is 9.48 Å². The third-order valence-corrected chi connectivity index (χ3v) is 3.45. The maximum Gasteiger partial charge on any atom is 0.180 e. The molecule has 0 saturated heterocycles. The van der Waals surface area contributed by atoms with Gasteiger partial charge in [-0.05, 0) is 30.4 Å². The highest BCUT2D eigenvalue weighted by atomic mass is 32.1. The third-order valence-electron chi connectivity index (χ3n) is 2.51. The maximum atomic E-state index is 11.8. The lowest BCUT2D eigenvalue weighted by Gasteiger charge is -2.00. The summed E-state index contributed by atoms with van der Waals surface area (Å²) in [5, 5.41) is 6.06. The molecule has 0 fully saturated rings. The van der Waals surface area contributed by atoms with Gasteiger partial charge in [-0.15, -0.1) is 11.3 Å². The Labute approximate surface area is 98.7 Å². The molecule has 0 N–H and O–H groups in total. The molecule has 0 atom stereocenters. The summed E-state index contributed by atoms with van der Waals surface area (Å²) in [5.74, 6) is 0.177. The molecule has 0 aliphatic carbocycles. The van der Waals surface area contributed by atoms with Crippen LogP contribution < -0.4 is 0 Å². The molecular formula is C12H14N2OS. The number of carbonyl (C=O) groups is 1. The van der Waals surface area contributed by atoms with Gasteiger partial charge in [-0.1, -0.05) is 6.07 Å². The van der Waals surface area contributed by atoms with E-state index >= 15 is 0 Å². The monoisotopic (exact) mass is 234 g/mol. The van der Waals surface area contributed by atoms with Crippen LogP contribution in [-0.4, -0.2) is 15.6 Å². The predicted octanol–water partition coefficient (Wildman–Crippen LogP) is 2.69. The Morgan fingerprint density at radius 2 is 2.38 bits per heavy atom. The van der Waals surface area contributed by atoms with Gasteiger partial charge in [0.2, 0.25) is 0 Å². The Bertz CT molecular complexity index is 459. The van der Waals surface area contributed by atoms with Gasteiger partial charge in [0.05, 0.1) is 0 Å². The van der Waals surface area contributed by atoms with Crippen LogP contribution in [0.15, 0.2) is 29.8 Å². The fraction of sp³-hybridized carbons (Fsp3) is 0.333. The van der Waals surface area contributed by atoms with Crippen molar-refractivity contribution >= 4 is 17.1 Å². The first-order valence-corrected chi connectivity index (χ1v) is 6.19. The number of ketones is 1. The summed E-state index contributed by atoms with van der Waals surface area (Å²) < 4.78 is 1.63. The first kappa shape index (κ1) is 11.1. The summed E-state index contributed by atoms with van der Waals surface area (Å²) in [6.07, 6.45) is 4.15. The van der Waals surface area contributed by atoms with Crippen LogP contribution in [0.3, 0.4) is 0 Å². The molecule has 0 saturated carbocycles. The topological polar surface area (TPSA) is 34.9 Å². The Hall–Kier alpha value is -1.42. The van der Waals surface area contributed by atoms with Crippen LogP contribution in [0.5, 0.6) is 0 Å². The molecule has 2 rings (SSSR count). The van der Waals surface area contributed by atoms with E-state index in [0.717, 1.165) is 12.8 Å². The normalized spacial score (nSPS) is 10.6. The van der Waals surface area contributed by atoms with E-state index in [0.29, 0.717) is 12.1 Å². The van der Waals surface area contributed by atoms with Crippen molar-refractivity contribution in [2.45, 2.75) is 19.3 Å². The van der Waals surface area contributed by atoms with Crippen LogP contribution in [0.2, 0.25) is 0 Å². The Morgan fingerprint density at radius 1 is 1.50 bits per heavy atom. The second-order valence-electron chi connectivity index (χ2n) is 3.70. The molecule has 2 aromatic heterocycles. The standard InChI is InChI=1S/C12H14N2OS/c1-14-11(7-8-13-14)12(15)6-2-4-10-5-3-9-16-10/h3,5,7-9H,2,4,6H2,1H3. The minimum absolute atomic E-state index is 0.177. The molecule has 0 bridgehead atoms. The summed E-state index contributed by atoms with van der Waals surface area (Å²) in [4.78, 5) is 13.1. The zero-order chi connectivity index (χ0) is 11.4. The lowest BCUT2D eigenvalue weighted by atomic mass is 10.1. The second kappa shape index (κ2) is 5.07. The molecule has 0 aromatic carbocycles. The fourth-order valence-electron chi connectivity index (χ4n) is 1.65. The smallest absolute Gasteiger partial charge is 0.180 e. The van der Waals surface area contributed by atoms with Gasteiger partial charge < -0.3 is 0 Å². The van der Waals surface area contributed by atoms with Crippen LogP contribution in [0.25, 0.3) is 0 Å². The van der Waals surface area contributed by atoms with E-state index in [2.05, 4.69) is 16.5 Å². The van der Waals surface area contributed by atoms with Gasteiger partial charge in [0.15, 0.2) is 5.78 Å². The van der Waals surface area contributed by atoms with Gasteiger partial charge in [-0.25, -0.2) is 0 Å². The van der Waals surface area contributed by atoms with Gasteiger partial charge in [0.1, 0.15) is 5.69 Å². The average Bonchev–Trinajstić information content (AvgIpc) is 2.88. The number of nitrogens with zero attached hydrogens (tertiary/aromatic N) is 2. The van der Waals surface area contributed by atoms with E-state index in [1.807, 2.05) is 6.07 Å². The highest BCUT2D eigenvalue weighted by Gasteiger charge is 2.09. The van der Waals surface area contributed by atoms with E-state index < -0.39 is 0 Å². The Morgan fingerprint density at radius 3 is 3.00 bits per heavy atom. The number of rotatable bonds is 5. The van der Waals surface area contributed by atoms with E-state index in [1.165, 1.54) is 4.88 Å². The lowest BCUT2D eigenvalue weighted by Crippen LogP contribution is -2.06. The van der Waals surface area contributed by atoms with Crippen molar-refractivity contribution in [1.29, 1.82) is 0 Å². The maximum absolute atomic E-state index is 11.8. The summed E-state index contributed by atoms with van der Waals surface area (Å²) in [6.45, 7) is 0. The molecule has 4 heteroatoms. The molecule has 0 unspecified atom stereocenters. The number of hydrogen-bond donors (Lipinski definition) is 0. The molecule has 16 heavy (non-hydrogen) atoms. The highest BCUT2D eigenvalue weighted by molar-refractivity contribution is 7.09. The Balaban J connectivity index is 1.83. The summed E-state index contributed by atoms with van der Waals surface area (Å²) in [6, 6.07) is 5.93. The molecule has 0 aliphatic rings. The van der Waals surface area contributed by atoms with Crippen LogP contribution in [0.4, 0.5) is 0 Å². The van der Waals surface area contributed by atoms with E-state index in [4.69, 9.17) is 0 Å². The number of aromatic nitrogens is 2. The summed E-state index contributed by atoms with van der Waals surface area (Å²) >= 11 is 1.75. The van der Waals surface area contributed by atoms with Crippen molar-refractivity contribution in [1.82, 2.24) is 9.78 Å². The number of aryl methyl sites for hydroxylation is 2. The van der Waals surface area contributed by atoms with Crippen LogP contribution in [0, 0.1) is 0 Å². The predicted molar refractivity (Wildman–Crippen MR) is 64.8 cm³/mol. The quantitative estimate of drug-likeness (QED) is 0.745. The number of hydrogen-bond acceptors (Lipinski definition) is 3. The van der Waals surface area contributed by atoms with Crippen LogP contribution in [-0.2, 0) is 13.5 Å². The van der Waals surface area contributed by atoms with Crippen molar-refractivity contribution in [2.24, 2.45) is 7.05 Å². The van der Waals surface area contributed by atoms with E-state index in [-0.39, 0.29) is 5.78 Å². The zero-order valence-electron chi connectivity index (χ0n) is 9.22. The molecule has 84 valence electrons. The second-order valence-corrected chi connectivity index (χ2v) is 4.73. The van der Waals surface area contributed by atoms with Gasteiger partial charge >= 0.3 is 0 Å². The molecule has 0 radical (unpaired) electrons. The van der Waals surface area contributed by atoms with E-state index in [1.54, 1.807) is 35.3 Å². The molecule has 0 spiro atoms. The van der Waals surface area contributed by atoms with Crippen LogP contribution in [0.1, 0.15) is 28.2 Å². The highest BCUT2D eigenvalue weighted by Crippen LogP contribution is 2.13.